The van der Waals surface area contributed by atoms with Crippen LogP contribution in [0.5, 0.6) is 5.75 Å². The van der Waals surface area contributed by atoms with Crippen molar-refractivity contribution in [3.05, 3.63) is 29.8 Å². The molecule has 0 bridgehead atoms. The lowest BCUT2D eigenvalue weighted by Crippen LogP contribution is -2.50. The molecule has 19 heavy (non-hydrogen) atoms. The Labute approximate surface area is 115 Å². The van der Waals surface area contributed by atoms with Crippen LogP contribution in [0.3, 0.4) is 0 Å². The number of rotatable bonds is 5. The molecular weight excluding hydrogens is 238 g/mol. The van der Waals surface area contributed by atoms with Gasteiger partial charge in [-0.2, -0.15) is 0 Å². The third-order valence-electron chi connectivity index (χ3n) is 3.94. The van der Waals surface area contributed by atoms with Crippen LogP contribution in [0.2, 0.25) is 0 Å². The van der Waals surface area contributed by atoms with Crippen LogP contribution in [0.1, 0.15) is 38.7 Å². The number of hydrogen-bond acceptors (Lipinski definition) is 2. The molecule has 1 N–H and O–H groups in total. The smallest absolute Gasteiger partial charge is 0.230 e. The zero-order valence-electron chi connectivity index (χ0n) is 12.0. The number of methoxy groups -OCH3 is 1. The van der Waals surface area contributed by atoms with Crippen LogP contribution in [-0.2, 0) is 10.2 Å². The molecule has 0 heterocycles. The predicted molar refractivity (Wildman–Crippen MR) is 76.4 cm³/mol. The lowest BCUT2D eigenvalue weighted by atomic mass is 9.63. The Hall–Kier alpha value is -1.51. The highest BCUT2D eigenvalue weighted by atomic mass is 16.5. The average molecular weight is 261 g/mol. The fraction of sp³-hybridized carbons (Fsp3) is 0.562. The Bertz CT molecular complexity index is 450. The van der Waals surface area contributed by atoms with Gasteiger partial charge in [0.25, 0.3) is 0 Å². The zero-order chi connectivity index (χ0) is 13.9. The van der Waals surface area contributed by atoms with Gasteiger partial charge in [0.2, 0.25) is 5.91 Å². The number of benzene rings is 1. The van der Waals surface area contributed by atoms with Crippen LogP contribution in [0, 0.1) is 5.92 Å². The van der Waals surface area contributed by atoms with Gasteiger partial charge in [0, 0.05) is 12.1 Å². The van der Waals surface area contributed by atoms with Gasteiger partial charge in [0.1, 0.15) is 5.75 Å². The van der Waals surface area contributed by atoms with E-state index in [1.165, 1.54) is 0 Å². The summed E-state index contributed by atoms with van der Waals surface area (Å²) in [5.41, 5.74) is 0.659. The van der Waals surface area contributed by atoms with E-state index in [-0.39, 0.29) is 11.3 Å². The standard InChI is InChI=1S/C16H23NO2/c1-12(2)11-17-15(18)16(9-6-10-16)13-7-4-5-8-14(13)19-3/h4-5,7-8,12H,6,9-11H2,1-3H3,(H,17,18). The van der Waals surface area contributed by atoms with Crippen LogP contribution in [0.4, 0.5) is 0 Å². The van der Waals surface area contributed by atoms with Gasteiger partial charge in [0.15, 0.2) is 0 Å². The van der Waals surface area contributed by atoms with Gasteiger partial charge in [-0.25, -0.2) is 0 Å². The maximum Gasteiger partial charge on any atom is 0.230 e. The third-order valence-corrected chi connectivity index (χ3v) is 3.94. The molecule has 1 saturated carbocycles. The molecule has 1 aromatic rings. The van der Waals surface area contributed by atoms with Gasteiger partial charge in [0.05, 0.1) is 12.5 Å². The number of carbonyl (C=O) groups excluding carboxylic acids is 1. The minimum atomic E-state index is -0.374. The average Bonchev–Trinajstić information content (AvgIpc) is 2.35. The lowest BCUT2D eigenvalue weighted by Gasteiger charge is -2.41. The molecule has 3 nitrogen and oxygen atoms in total. The molecule has 1 aliphatic carbocycles. The van der Waals surface area contributed by atoms with E-state index in [9.17, 15) is 4.79 Å². The molecule has 1 aliphatic rings. The maximum atomic E-state index is 12.6. The first-order valence-electron chi connectivity index (χ1n) is 7.02. The summed E-state index contributed by atoms with van der Waals surface area (Å²) in [4.78, 5) is 12.6. The van der Waals surface area contributed by atoms with Crippen molar-refractivity contribution in [3.63, 3.8) is 0 Å². The second kappa shape index (κ2) is 5.64. The second-order valence-electron chi connectivity index (χ2n) is 5.74. The Morgan fingerprint density at radius 1 is 1.37 bits per heavy atom. The van der Waals surface area contributed by atoms with E-state index in [2.05, 4.69) is 19.2 Å². The monoisotopic (exact) mass is 261 g/mol. The van der Waals surface area contributed by atoms with E-state index in [0.717, 1.165) is 37.1 Å². The van der Waals surface area contributed by atoms with Gasteiger partial charge in [-0.3, -0.25) is 4.79 Å². The largest absolute Gasteiger partial charge is 0.496 e. The van der Waals surface area contributed by atoms with E-state index >= 15 is 0 Å². The van der Waals surface area contributed by atoms with Crippen molar-refractivity contribution >= 4 is 5.91 Å². The molecule has 1 fully saturated rings. The molecule has 2 rings (SSSR count). The van der Waals surface area contributed by atoms with Crippen LogP contribution in [0.25, 0.3) is 0 Å². The highest BCUT2D eigenvalue weighted by Gasteiger charge is 2.47. The van der Waals surface area contributed by atoms with Crippen LogP contribution < -0.4 is 10.1 Å². The highest BCUT2D eigenvalue weighted by molar-refractivity contribution is 5.90. The van der Waals surface area contributed by atoms with Crippen molar-refractivity contribution in [3.8, 4) is 5.75 Å². The molecule has 0 unspecified atom stereocenters. The first kappa shape index (κ1) is 13.9. The van der Waals surface area contributed by atoms with E-state index in [1.807, 2.05) is 24.3 Å². The molecule has 0 aromatic heterocycles. The topological polar surface area (TPSA) is 38.3 Å². The molecular formula is C16H23NO2. The van der Waals surface area contributed by atoms with Crippen molar-refractivity contribution in [1.29, 1.82) is 0 Å². The van der Waals surface area contributed by atoms with Crippen molar-refractivity contribution in [1.82, 2.24) is 5.32 Å². The summed E-state index contributed by atoms with van der Waals surface area (Å²) in [6, 6.07) is 7.88. The molecule has 0 aliphatic heterocycles. The Balaban J connectivity index is 2.24. The number of amides is 1. The SMILES string of the molecule is COc1ccccc1C1(C(=O)NCC(C)C)CCC1. The molecule has 0 spiro atoms. The number of hydrogen-bond donors (Lipinski definition) is 1. The lowest BCUT2D eigenvalue weighted by molar-refractivity contribution is -0.130. The normalized spacial score (nSPS) is 16.8. The highest BCUT2D eigenvalue weighted by Crippen LogP contribution is 2.47. The van der Waals surface area contributed by atoms with Crippen molar-refractivity contribution < 1.29 is 9.53 Å². The Morgan fingerprint density at radius 3 is 2.58 bits per heavy atom. The Morgan fingerprint density at radius 2 is 2.05 bits per heavy atom. The van der Waals surface area contributed by atoms with Gasteiger partial charge >= 0.3 is 0 Å². The molecule has 0 saturated heterocycles. The van der Waals surface area contributed by atoms with Gasteiger partial charge in [-0.05, 0) is 24.8 Å². The summed E-state index contributed by atoms with van der Waals surface area (Å²) in [6.07, 6.45) is 2.93. The molecule has 0 atom stereocenters. The first-order chi connectivity index (χ1) is 9.10. The summed E-state index contributed by atoms with van der Waals surface area (Å²) in [7, 11) is 1.66. The van der Waals surface area contributed by atoms with Gasteiger partial charge < -0.3 is 10.1 Å². The number of carbonyl (C=O) groups is 1. The molecule has 1 aromatic carbocycles. The summed E-state index contributed by atoms with van der Waals surface area (Å²) in [5.74, 6) is 1.44. The maximum absolute atomic E-state index is 12.6. The Kier molecular flexibility index (Phi) is 4.13. The fourth-order valence-corrected chi connectivity index (χ4v) is 2.66. The zero-order valence-corrected chi connectivity index (χ0v) is 12.0. The predicted octanol–water partition coefficient (Wildman–Crippen LogP) is 2.89. The number of ether oxygens (including phenoxy) is 1. The summed E-state index contributed by atoms with van der Waals surface area (Å²) < 4.78 is 5.42. The number of nitrogens with one attached hydrogen (secondary N) is 1. The van der Waals surface area contributed by atoms with Crippen LogP contribution in [0.15, 0.2) is 24.3 Å². The summed E-state index contributed by atoms with van der Waals surface area (Å²) in [6.45, 7) is 4.95. The quantitative estimate of drug-likeness (QED) is 0.885. The van der Waals surface area contributed by atoms with Gasteiger partial charge in [-0.1, -0.05) is 38.5 Å². The third kappa shape index (κ3) is 2.60. The fourth-order valence-electron chi connectivity index (χ4n) is 2.66. The van der Waals surface area contributed by atoms with Crippen molar-refractivity contribution in [2.45, 2.75) is 38.5 Å². The van der Waals surface area contributed by atoms with Crippen LogP contribution in [-0.4, -0.2) is 19.6 Å². The summed E-state index contributed by atoms with van der Waals surface area (Å²) in [5, 5.41) is 3.08. The summed E-state index contributed by atoms with van der Waals surface area (Å²) >= 11 is 0. The second-order valence-corrected chi connectivity index (χ2v) is 5.74. The van der Waals surface area contributed by atoms with E-state index in [4.69, 9.17) is 4.74 Å². The van der Waals surface area contributed by atoms with Crippen LogP contribution >= 0.6 is 0 Å². The minimum absolute atomic E-state index is 0.150. The molecule has 3 heteroatoms. The van der Waals surface area contributed by atoms with E-state index < -0.39 is 0 Å². The number of para-hydroxylation sites is 1. The van der Waals surface area contributed by atoms with Gasteiger partial charge in [-0.15, -0.1) is 0 Å². The molecule has 0 radical (unpaired) electrons. The van der Waals surface area contributed by atoms with E-state index in [0.29, 0.717) is 5.92 Å². The first-order valence-corrected chi connectivity index (χ1v) is 7.02. The van der Waals surface area contributed by atoms with Crippen molar-refractivity contribution in [2.75, 3.05) is 13.7 Å². The molecule has 104 valence electrons. The van der Waals surface area contributed by atoms with E-state index in [1.54, 1.807) is 7.11 Å². The molecule has 1 amide bonds. The minimum Gasteiger partial charge on any atom is -0.496 e. The van der Waals surface area contributed by atoms with Crippen molar-refractivity contribution in [2.24, 2.45) is 5.92 Å².